The van der Waals surface area contributed by atoms with Gasteiger partial charge in [-0.3, -0.25) is 4.79 Å². The van der Waals surface area contributed by atoms with E-state index >= 15 is 0 Å². The van der Waals surface area contributed by atoms with Crippen LogP contribution in [0.5, 0.6) is 0 Å². The molecule has 1 aliphatic heterocycles. The lowest BCUT2D eigenvalue weighted by atomic mass is 9.75. The topological polar surface area (TPSA) is 46.3 Å². The molecular weight excluding hydrogens is 212 g/mol. The summed E-state index contributed by atoms with van der Waals surface area (Å²) in [6, 6.07) is 0. The van der Waals surface area contributed by atoms with Crippen LogP contribution in [0.15, 0.2) is 0 Å². The summed E-state index contributed by atoms with van der Waals surface area (Å²) in [7, 11) is 0. The van der Waals surface area contributed by atoms with Gasteiger partial charge in [-0.25, -0.2) is 0 Å². The van der Waals surface area contributed by atoms with Gasteiger partial charge in [0.05, 0.1) is 5.92 Å². The summed E-state index contributed by atoms with van der Waals surface area (Å²) in [6.45, 7) is 11.2. The summed E-state index contributed by atoms with van der Waals surface area (Å²) in [5.74, 6) is 1.04. The van der Waals surface area contributed by atoms with E-state index in [4.69, 9.17) is 5.73 Å². The minimum Gasteiger partial charge on any atom is -0.342 e. The summed E-state index contributed by atoms with van der Waals surface area (Å²) in [6.07, 6.45) is 3.13. The lowest BCUT2D eigenvalue weighted by Gasteiger charge is -2.39. The Morgan fingerprint density at radius 2 is 1.88 bits per heavy atom. The maximum absolute atomic E-state index is 12.2. The number of nitrogens with zero attached hydrogens (tertiary/aromatic N) is 1. The lowest BCUT2D eigenvalue weighted by molar-refractivity contribution is -0.137. The van der Waals surface area contributed by atoms with E-state index < -0.39 is 0 Å². The fourth-order valence-electron chi connectivity index (χ4n) is 2.67. The highest BCUT2D eigenvalue weighted by Gasteiger charge is 2.31. The van der Waals surface area contributed by atoms with Gasteiger partial charge in [0.1, 0.15) is 0 Å². The fraction of sp³-hybridized carbons (Fsp3) is 0.929. The van der Waals surface area contributed by atoms with Crippen LogP contribution in [-0.2, 0) is 4.79 Å². The number of likely N-dealkylation sites (tertiary alicyclic amines) is 1. The second-order valence-electron chi connectivity index (χ2n) is 6.31. The summed E-state index contributed by atoms with van der Waals surface area (Å²) in [5, 5.41) is 0. The fourth-order valence-corrected chi connectivity index (χ4v) is 2.67. The van der Waals surface area contributed by atoms with Gasteiger partial charge in [0.2, 0.25) is 5.91 Å². The van der Waals surface area contributed by atoms with E-state index in [-0.39, 0.29) is 11.8 Å². The van der Waals surface area contributed by atoms with E-state index in [2.05, 4.69) is 20.8 Å². The maximum Gasteiger partial charge on any atom is 0.226 e. The zero-order valence-corrected chi connectivity index (χ0v) is 11.8. The Hall–Kier alpha value is -0.570. The van der Waals surface area contributed by atoms with E-state index in [1.165, 1.54) is 0 Å². The van der Waals surface area contributed by atoms with Crippen molar-refractivity contribution in [1.29, 1.82) is 0 Å². The second-order valence-corrected chi connectivity index (χ2v) is 6.31. The van der Waals surface area contributed by atoms with Crippen molar-refractivity contribution in [3.63, 3.8) is 0 Å². The van der Waals surface area contributed by atoms with Gasteiger partial charge in [0, 0.05) is 19.6 Å². The van der Waals surface area contributed by atoms with Crippen LogP contribution in [0.2, 0.25) is 0 Å². The molecule has 2 N–H and O–H groups in total. The van der Waals surface area contributed by atoms with Gasteiger partial charge < -0.3 is 10.6 Å². The smallest absolute Gasteiger partial charge is 0.226 e. The molecule has 0 bridgehead atoms. The molecule has 0 aromatic heterocycles. The van der Waals surface area contributed by atoms with E-state index in [0.717, 1.165) is 38.3 Å². The van der Waals surface area contributed by atoms with Crippen molar-refractivity contribution >= 4 is 5.91 Å². The number of carbonyl (C=O) groups excluding carboxylic acids is 1. The molecule has 1 unspecified atom stereocenters. The van der Waals surface area contributed by atoms with Crippen molar-refractivity contribution in [3.05, 3.63) is 0 Å². The van der Waals surface area contributed by atoms with Crippen LogP contribution < -0.4 is 5.73 Å². The first-order valence-corrected chi connectivity index (χ1v) is 6.89. The second kappa shape index (κ2) is 5.85. The standard InChI is InChI=1S/C14H28N2O/c1-5-11(10-15)13(17)16-8-6-12(7-9-16)14(2,3)4/h11-12H,5-10,15H2,1-4H3. The van der Waals surface area contributed by atoms with Crippen molar-refractivity contribution < 1.29 is 4.79 Å². The Balaban J connectivity index is 2.49. The molecule has 0 spiro atoms. The van der Waals surface area contributed by atoms with Crippen molar-refractivity contribution in [2.45, 2.75) is 47.0 Å². The molecule has 0 aromatic carbocycles. The highest BCUT2D eigenvalue weighted by molar-refractivity contribution is 5.79. The molecule has 0 aromatic rings. The number of piperidine rings is 1. The van der Waals surface area contributed by atoms with Gasteiger partial charge in [0.25, 0.3) is 0 Å². The largest absolute Gasteiger partial charge is 0.342 e. The first-order chi connectivity index (χ1) is 7.90. The Kier molecular flexibility index (Phi) is 4.99. The molecule has 1 saturated heterocycles. The molecule has 3 nitrogen and oxygen atoms in total. The van der Waals surface area contributed by atoms with Crippen LogP contribution >= 0.6 is 0 Å². The molecule has 3 heteroatoms. The first kappa shape index (κ1) is 14.5. The molecular formula is C14H28N2O. The number of amides is 1. The molecule has 1 aliphatic rings. The minimum absolute atomic E-state index is 0.0289. The molecule has 1 fully saturated rings. The summed E-state index contributed by atoms with van der Waals surface area (Å²) >= 11 is 0. The Morgan fingerprint density at radius 3 is 2.24 bits per heavy atom. The van der Waals surface area contributed by atoms with Crippen LogP contribution in [0.4, 0.5) is 0 Å². The summed E-state index contributed by atoms with van der Waals surface area (Å²) < 4.78 is 0. The molecule has 1 heterocycles. The zero-order valence-electron chi connectivity index (χ0n) is 11.8. The Morgan fingerprint density at radius 1 is 1.35 bits per heavy atom. The molecule has 1 rings (SSSR count). The van der Waals surface area contributed by atoms with Crippen LogP contribution in [0.1, 0.15) is 47.0 Å². The molecule has 1 amide bonds. The van der Waals surface area contributed by atoms with E-state index in [1.807, 2.05) is 11.8 Å². The lowest BCUT2D eigenvalue weighted by Crippen LogP contribution is -2.45. The molecule has 0 saturated carbocycles. The highest BCUT2D eigenvalue weighted by atomic mass is 16.2. The third-order valence-corrected chi connectivity index (χ3v) is 4.16. The molecule has 0 aliphatic carbocycles. The van der Waals surface area contributed by atoms with Crippen molar-refractivity contribution in [3.8, 4) is 0 Å². The van der Waals surface area contributed by atoms with Crippen LogP contribution in [-0.4, -0.2) is 30.4 Å². The van der Waals surface area contributed by atoms with Crippen molar-refractivity contribution in [1.82, 2.24) is 4.90 Å². The Labute approximate surface area is 106 Å². The van der Waals surface area contributed by atoms with Gasteiger partial charge in [0.15, 0.2) is 0 Å². The van der Waals surface area contributed by atoms with Gasteiger partial charge in [-0.2, -0.15) is 0 Å². The summed E-state index contributed by atoms with van der Waals surface area (Å²) in [5.41, 5.74) is 6.01. The summed E-state index contributed by atoms with van der Waals surface area (Å²) in [4.78, 5) is 14.2. The maximum atomic E-state index is 12.2. The van der Waals surface area contributed by atoms with Crippen molar-refractivity contribution in [2.24, 2.45) is 23.0 Å². The number of nitrogens with two attached hydrogens (primary N) is 1. The predicted octanol–water partition coefficient (Wildman–Crippen LogP) is 2.26. The minimum atomic E-state index is 0.0289. The molecule has 1 atom stereocenters. The van der Waals surface area contributed by atoms with Gasteiger partial charge in [-0.05, 0) is 30.6 Å². The predicted molar refractivity (Wildman–Crippen MR) is 71.6 cm³/mol. The monoisotopic (exact) mass is 240 g/mol. The van der Waals surface area contributed by atoms with E-state index in [0.29, 0.717) is 12.0 Å². The van der Waals surface area contributed by atoms with E-state index in [1.54, 1.807) is 0 Å². The molecule has 17 heavy (non-hydrogen) atoms. The molecule has 0 radical (unpaired) electrons. The van der Waals surface area contributed by atoms with Gasteiger partial charge in [-0.1, -0.05) is 27.7 Å². The normalized spacial score (nSPS) is 20.4. The van der Waals surface area contributed by atoms with Gasteiger partial charge in [-0.15, -0.1) is 0 Å². The van der Waals surface area contributed by atoms with Gasteiger partial charge >= 0.3 is 0 Å². The third-order valence-electron chi connectivity index (χ3n) is 4.16. The average Bonchev–Trinajstić information content (AvgIpc) is 2.29. The third kappa shape index (κ3) is 3.70. The zero-order chi connectivity index (χ0) is 13.1. The van der Waals surface area contributed by atoms with Crippen molar-refractivity contribution in [2.75, 3.05) is 19.6 Å². The van der Waals surface area contributed by atoms with Crippen LogP contribution in [0, 0.1) is 17.3 Å². The SMILES string of the molecule is CCC(CN)C(=O)N1CCC(C(C)(C)C)CC1. The Bertz CT molecular complexity index is 245. The quantitative estimate of drug-likeness (QED) is 0.822. The molecule has 100 valence electrons. The highest BCUT2D eigenvalue weighted by Crippen LogP contribution is 2.34. The number of rotatable bonds is 3. The number of hydrogen-bond acceptors (Lipinski definition) is 2. The van der Waals surface area contributed by atoms with E-state index in [9.17, 15) is 4.79 Å². The average molecular weight is 240 g/mol. The first-order valence-electron chi connectivity index (χ1n) is 6.89. The van der Waals surface area contributed by atoms with Crippen LogP contribution in [0.3, 0.4) is 0 Å². The number of carbonyl (C=O) groups is 1. The number of hydrogen-bond donors (Lipinski definition) is 1. The van der Waals surface area contributed by atoms with Crippen LogP contribution in [0.25, 0.3) is 0 Å².